The van der Waals surface area contributed by atoms with E-state index in [0.29, 0.717) is 5.56 Å². The van der Waals surface area contributed by atoms with Crippen LogP contribution >= 0.6 is 0 Å². The van der Waals surface area contributed by atoms with Gasteiger partial charge < -0.3 is 0 Å². The summed E-state index contributed by atoms with van der Waals surface area (Å²) in [6, 6.07) is 27.2. The van der Waals surface area contributed by atoms with E-state index in [1.807, 2.05) is 6.92 Å². The van der Waals surface area contributed by atoms with Crippen LogP contribution in [0, 0.1) is 13.8 Å². The number of anilines is 1. The second-order valence-corrected chi connectivity index (χ2v) is 15.7. The highest BCUT2D eigenvalue weighted by molar-refractivity contribution is 8.19. The third-order valence-corrected chi connectivity index (χ3v) is 13.8. The summed E-state index contributed by atoms with van der Waals surface area (Å²) < 4.78 is 85.8. The van der Waals surface area contributed by atoms with E-state index in [4.69, 9.17) is 0 Å². The fourth-order valence-corrected chi connectivity index (χ4v) is 11.6. The SMILES string of the molecule is Cc1ccc(S(=O)(=O)N2CC3=C(c4ccccc4)S(=O)(=O)C(S(=O)(=O)c4ccccc4C)=C3c3ccccc32)cc1. The van der Waals surface area contributed by atoms with Crippen molar-refractivity contribution in [2.75, 3.05) is 10.8 Å². The van der Waals surface area contributed by atoms with Crippen LogP contribution in [0.3, 0.4) is 0 Å². The Kier molecular flexibility index (Phi) is 6.33. The molecule has 0 aromatic heterocycles. The minimum absolute atomic E-state index is 0.0121. The number of hydrogen-bond donors (Lipinski definition) is 0. The molecule has 0 radical (unpaired) electrons. The molecule has 0 amide bonds. The Morgan fingerprint density at radius 3 is 2.00 bits per heavy atom. The van der Waals surface area contributed by atoms with Gasteiger partial charge in [0.1, 0.15) is 0 Å². The van der Waals surface area contributed by atoms with Gasteiger partial charge in [-0.1, -0.05) is 84.4 Å². The highest BCUT2D eigenvalue weighted by Crippen LogP contribution is 2.54. The predicted octanol–water partition coefficient (Wildman–Crippen LogP) is 5.49. The standard InChI is InChI=1S/C31H25NO6S3/c1-21-16-18-24(19-17-21)41(37,38)32-20-26-29(25-13-7-8-14-27(25)32)31(39(33,34)28-15-9-6-10-22(28)2)40(35,36)30(26)23-11-4-3-5-12-23/h3-19H,20H2,1-2H3. The fraction of sp³-hybridized carbons (Fsp3) is 0.0968. The summed E-state index contributed by atoms with van der Waals surface area (Å²) in [7, 11) is -13.3. The van der Waals surface area contributed by atoms with Gasteiger partial charge in [-0.25, -0.2) is 25.3 Å². The van der Waals surface area contributed by atoms with Crippen molar-refractivity contribution in [3.8, 4) is 0 Å². The van der Waals surface area contributed by atoms with Gasteiger partial charge in [-0.05, 0) is 49.2 Å². The second kappa shape index (κ2) is 9.54. The maximum Gasteiger partial charge on any atom is 0.264 e. The number of para-hydroxylation sites is 1. The van der Waals surface area contributed by atoms with Crippen molar-refractivity contribution >= 4 is 45.9 Å². The van der Waals surface area contributed by atoms with Gasteiger partial charge in [0.05, 0.1) is 26.9 Å². The lowest BCUT2D eigenvalue weighted by Crippen LogP contribution is -2.36. The Morgan fingerprint density at radius 2 is 1.32 bits per heavy atom. The fourth-order valence-electron chi connectivity index (χ4n) is 5.39. The van der Waals surface area contributed by atoms with Crippen molar-refractivity contribution in [2.45, 2.75) is 23.6 Å². The van der Waals surface area contributed by atoms with Crippen molar-refractivity contribution in [1.29, 1.82) is 0 Å². The summed E-state index contributed by atoms with van der Waals surface area (Å²) in [6.07, 6.45) is 0. The average Bonchev–Trinajstić information content (AvgIpc) is 3.20. The minimum atomic E-state index is -4.62. The van der Waals surface area contributed by atoms with E-state index in [0.717, 1.165) is 9.87 Å². The Labute approximate surface area is 240 Å². The van der Waals surface area contributed by atoms with E-state index in [1.54, 1.807) is 91.9 Å². The molecule has 2 heterocycles. The van der Waals surface area contributed by atoms with E-state index < -0.39 is 33.9 Å². The van der Waals surface area contributed by atoms with Gasteiger partial charge in [-0.3, -0.25) is 4.31 Å². The molecule has 0 aliphatic carbocycles. The second-order valence-electron chi connectivity index (χ2n) is 9.95. The van der Waals surface area contributed by atoms with Crippen LogP contribution in [0.1, 0.15) is 22.3 Å². The molecule has 0 N–H and O–H groups in total. The lowest BCUT2D eigenvalue weighted by atomic mass is 9.92. The summed E-state index contributed by atoms with van der Waals surface area (Å²) in [5.74, 6) is 0. The molecule has 7 nitrogen and oxygen atoms in total. The number of rotatable bonds is 5. The lowest BCUT2D eigenvalue weighted by Gasteiger charge is -2.33. The number of sulfone groups is 2. The summed E-state index contributed by atoms with van der Waals surface area (Å²) in [6.45, 7) is 3.09. The maximum absolute atomic E-state index is 14.4. The van der Waals surface area contributed by atoms with Crippen molar-refractivity contribution in [1.82, 2.24) is 0 Å². The normalized spacial score (nSPS) is 16.5. The molecule has 208 valence electrons. The van der Waals surface area contributed by atoms with Crippen LogP contribution in [-0.2, 0) is 29.7 Å². The molecule has 0 atom stereocenters. The van der Waals surface area contributed by atoms with Gasteiger partial charge in [0, 0.05) is 16.7 Å². The number of hydrogen-bond acceptors (Lipinski definition) is 6. The zero-order valence-electron chi connectivity index (χ0n) is 22.1. The van der Waals surface area contributed by atoms with E-state index in [9.17, 15) is 25.3 Å². The molecule has 0 bridgehead atoms. The summed E-state index contributed by atoms with van der Waals surface area (Å²) >= 11 is 0. The van der Waals surface area contributed by atoms with Gasteiger partial charge in [0.15, 0.2) is 4.24 Å². The Morgan fingerprint density at radius 1 is 0.707 bits per heavy atom. The van der Waals surface area contributed by atoms with E-state index >= 15 is 0 Å². The van der Waals surface area contributed by atoms with Crippen LogP contribution < -0.4 is 4.31 Å². The van der Waals surface area contributed by atoms with Crippen molar-refractivity contribution in [2.24, 2.45) is 0 Å². The Hall–Kier alpha value is -3.99. The van der Waals surface area contributed by atoms with E-state index in [2.05, 4.69) is 0 Å². The quantitative estimate of drug-likeness (QED) is 0.299. The molecule has 4 aromatic carbocycles. The van der Waals surface area contributed by atoms with Gasteiger partial charge in [-0.15, -0.1) is 0 Å². The highest BCUT2D eigenvalue weighted by atomic mass is 32.3. The molecule has 0 fully saturated rings. The Bertz CT molecular complexity index is 2110. The molecule has 4 aromatic rings. The molecule has 6 rings (SSSR count). The first-order chi connectivity index (χ1) is 19.5. The third-order valence-electron chi connectivity index (χ3n) is 7.31. The van der Waals surface area contributed by atoms with Gasteiger partial charge >= 0.3 is 0 Å². The predicted molar refractivity (Wildman–Crippen MR) is 160 cm³/mol. The molecule has 0 saturated heterocycles. The summed E-state index contributed by atoms with van der Waals surface area (Å²) in [4.78, 5) is -0.286. The van der Waals surface area contributed by atoms with Crippen molar-refractivity contribution < 1.29 is 25.3 Å². The molecular formula is C31H25NO6S3. The van der Waals surface area contributed by atoms with Crippen LogP contribution in [0.5, 0.6) is 0 Å². The van der Waals surface area contributed by atoms with E-state index in [-0.39, 0.29) is 49.2 Å². The first-order valence-corrected chi connectivity index (χ1v) is 17.1. The van der Waals surface area contributed by atoms with Gasteiger partial charge in [0.2, 0.25) is 19.7 Å². The third kappa shape index (κ3) is 4.16. The number of fused-ring (bicyclic) bond motifs is 3. The first kappa shape index (κ1) is 27.2. The lowest BCUT2D eigenvalue weighted by molar-refractivity contribution is 0.591. The Balaban J connectivity index is 1.71. The van der Waals surface area contributed by atoms with Crippen LogP contribution in [0.15, 0.2) is 123 Å². The molecular weight excluding hydrogens is 579 g/mol. The largest absolute Gasteiger partial charge is 0.264 e. The van der Waals surface area contributed by atoms with Gasteiger partial charge in [0.25, 0.3) is 10.0 Å². The van der Waals surface area contributed by atoms with Crippen molar-refractivity contribution in [3.63, 3.8) is 0 Å². The van der Waals surface area contributed by atoms with Gasteiger partial charge in [-0.2, -0.15) is 0 Å². The summed E-state index contributed by atoms with van der Waals surface area (Å²) in [5, 5.41) is 0. The number of aryl methyl sites for hydroxylation is 2. The number of sulfonamides is 1. The molecule has 2 aliphatic rings. The zero-order valence-corrected chi connectivity index (χ0v) is 24.6. The minimum Gasteiger partial charge on any atom is -0.261 e. The number of nitrogens with zero attached hydrogens (tertiary/aromatic N) is 1. The smallest absolute Gasteiger partial charge is 0.261 e. The van der Waals surface area contributed by atoms with Crippen LogP contribution in [0.2, 0.25) is 0 Å². The highest BCUT2D eigenvalue weighted by Gasteiger charge is 2.50. The van der Waals surface area contributed by atoms with Crippen molar-refractivity contribution in [3.05, 3.63) is 135 Å². The molecule has 41 heavy (non-hydrogen) atoms. The topological polar surface area (TPSA) is 106 Å². The number of benzene rings is 4. The van der Waals surface area contributed by atoms with E-state index in [1.165, 1.54) is 18.2 Å². The first-order valence-electron chi connectivity index (χ1n) is 12.7. The molecule has 2 aliphatic heterocycles. The molecule has 0 saturated carbocycles. The van der Waals surface area contributed by atoms with Crippen LogP contribution in [-0.4, -0.2) is 31.8 Å². The molecule has 0 unspecified atom stereocenters. The monoisotopic (exact) mass is 603 g/mol. The summed E-state index contributed by atoms with van der Waals surface area (Å²) in [5.41, 5.74) is 2.12. The van der Waals surface area contributed by atoms with Crippen LogP contribution in [0.25, 0.3) is 10.5 Å². The maximum atomic E-state index is 14.4. The zero-order chi connectivity index (χ0) is 29.2. The molecule has 0 spiro atoms. The average molecular weight is 604 g/mol. The molecule has 10 heteroatoms. The van der Waals surface area contributed by atoms with Crippen LogP contribution in [0.4, 0.5) is 5.69 Å².